The van der Waals surface area contributed by atoms with Gasteiger partial charge in [-0.3, -0.25) is 0 Å². The third-order valence-electron chi connectivity index (χ3n) is 2.22. The number of carbonyl (C=O) groups excluding carboxylic acids is 1. The maximum Gasteiger partial charge on any atom is 0.337 e. The van der Waals surface area contributed by atoms with Crippen molar-refractivity contribution in [2.24, 2.45) is 0 Å². The molecule has 0 atom stereocenters. The van der Waals surface area contributed by atoms with E-state index in [0.29, 0.717) is 0 Å². The van der Waals surface area contributed by atoms with Gasteiger partial charge in [-0.1, -0.05) is 0 Å². The van der Waals surface area contributed by atoms with E-state index in [1.54, 1.807) is 6.07 Å². The molecular weight excluding hydrogens is 399 g/mol. The molecule has 0 unspecified atom stereocenters. The third kappa shape index (κ3) is 5.74. The number of rotatable bonds is 5. The monoisotopic (exact) mass is 412 g/mol. The molecule has 7 nitrogen and oxygen atoms in total. The lowest BCUT2D eigenvalue weighted by Crippen LogP contribution is -2.33. The van der Waals surface area contributed by atoms with Crippen molar-refractivity contribution in [3.8, 4) is 0 Å². The molecule has 1 aromatic carbocycles. The number of urea groups is 1. The van der Waals surface area contributed by atoms with E-state index in [4.69, 9.17) is 5.11 Å². The van der Waals surface area contributed by atoms with Gasteiger partial charge < -0.3 is 15.7 Å². The average molecular weight is 412 g/mol. The minimum atomic E-state index is -3.16. The number of carboxylic acid groups (broad SMARTS) is 1. The van der Waals surface area contributed by atoms with Crippen LogP contribution in [0.3, 0.4) is 0 Å². The number of amides is 2. The van der Waals surface area contributed by atoms with Gasteiger partial charge in [0.05, 0.1) is 17.0 Å². The largest absolute Gasteiger partial charge is 0.478 e. The van der Waals surface area contributed by atoms with Gasteiger partial charge in [0, 0.05) is 16.4 Å². The first-order chi connectivity index (χ1) is 9.19. The van der Waals surface area contributed by atoms with Crippen molar-refractivity contribution < 1.29 is 23.1 Å². The molecule has 9 heteroatoms. The summed E-state index contributed by atoms with van der Waals surface area (Å²) in [6.45, 7) is -0.0442. The van der Waals surface area contributed by atoms with E-state index in [0.717, 1.165) is 9.83 Å². The van der Waals surface area contributed by atoms with Gasteiger partial charge in [-0.05, 0) is 40.8 Å². The third-order valence-corrected chi connectivity index (χ3v) is 3.84. The molecule has 0 heterocycles. The molecule has 0 bridgehead atoms. The van der Waals surface area contributed by atoms with E-state index >= 15 is 0 Å². The lowest BCUT2D eigenvalue weighted by molar-refractivity contribution is 0.0698. The molecule has 0 aromatic heterocycles. The van der Waals surface area contributed by atoms with Crippen molar-refractivity contribution in [1.82, 2.24) is 5.32 Å². The predicted octanol–water partition coefficient (Wildman–Crippen LogP) is 1.16. The van der Waals surface area contributed by atoms with Crippen LogP contribution in [0.1, 0.15) is 10.4 Å². The predicted molar refractivity (Wildman–Crippen MR) is 82.9 cm³/mol. The van der Waals surface area contributed by atoms with E-state index in [2.05, 4.69) is 10.6 Å². The molecule has 0 spiro atoms. The van der Waals surface area contributed by atoms with Crippen LogP contribution in [0, 0.1) is 3.57 Å². The fraction of sp³-hybridized carbons (Fsp3) is 0.273. The van der Waals surface area contributed by atoms with E-state index in [-0.39, 0.29) is 23.5 Å². The number of benzene rings is 1. The second-order valence-electron chi connectivity index (χ2n) is 4.01. The van der Waals surface area contributed by atoms with Crippen LogP contribution >= 0.6 is 22.6 Å². The zero-order chi connectivity index (χ0) is 15.3. The number of hydrogen-bond donors (Lipinski definition) is 3. The Hall–Kier alpha value is -1.36. The zero-order valence-corrected chi connectivity index (χ0v) is 13.5. The highest BCUT2D eigenvalue weighted by atomic mass is 127. The summed E-state index contributed by atoms with van der Waals surface area (Å²) < 4.78 is 22.5. The Morgan fingerprint density at radius 2 is 2.00 bits per heavy atom. The van der Waals surface area contributed by atoms with Crippen LogP contribution in [0.25, 0.3) is 0 Å². The molecule has 2 amide bonds. The summed E-state index contributed by atoms with van der Waals surface area (Å²) in [5.41, 5.74) is 0.116. The smallest absolute Gasteiger partial charge is 0.337 e. The number of nitrogens with one attached hydrogen (secondary N) is 2. The fourth-order valence-electron chi connectivity index (χ4n) is 1.32. The summed E-state index contributed by atoms with van der Waals surface area (Å²) in [6, 6.07) is 3.90. The maximum absolute atomic E-state index is 11.5. The van der Waals surface area contributed by atoms with Crippen LogP contribution in [0.4, 0.5) is 10.5 Å². The Morgan fingerprint density at radius 1 is 1.35 bits per heavy atom. The Morgan fingerprint density at radius 3 is 2.55 bits per heavy atom. The van der Waals surface area contributed by atoms with Crippen LogP contribution in [-0.2, 0) is 9.84 Å². The number of sulfone groups is 1. The highest BCUT2D eigenvalue weighted by Gasteiger charge is 2.13. The van der Waals surface area contributed by atoms with Crippen molar-refractivity contribution >= 4 is 50.1 Å². The molecule has 110 valence electrons. The summed E-state index contributed by atoms with van der Waals surface area (Å²) in [7, 11) is -3.16. The first-order valence-corrected chi connectivity index (χ1v) is 8.58. The molecule has 3 N–H and O–H groups in total. The SMILES string of the molecule is CS(=O)(=O)CCNC(=O)Nc1ccc(I)cc1C(=O)O. The molecule has 0 aliphatic carbocycles. The topological polar surface area (TPSA) is 113 Å². The summed E-state index contributed by atoms with van der Waals surface area (Å²) in [5, 5.41) is 13.8. The first kappa shape index (κ1) is 16.7. The van der Waals surface area contributed by atoms with Gasteiger partial charge in [-0.15, -0.1) is 0 Å². The highest BCUT2D eigenvalue weighted by Crippen LogP contribution is 2.18. The molecule has 20 heavy (non-hydrogen) atoms. The standard InChI is InChI=1S/C11H13IN2O5S/c1-20(18,19)5-4-13-11(17)14-9-3-2-7(12)6-8(9)10(15)16/h2-3,6H,4-5H2,1H3,(H,15,16)(H2,13,14,17). The Balaban J connectivity index is 2.69. The molecule has 1 rings (SSSR count). The Kier molecular flexibility index (Phi) is 5.74. The molecule has 0 fully saturated rings. The summed E-state index contributed by atoms with van der Waals surface area (Å²) >= 11 is 1.96. The van der Waals surface area contributed by atoms with E-state index in [9.17, 15) is 18.0 Å². The van der Waals surface area contributed by atoms with Crippen molar-refractivity contribution in [2.45, 2.75) is 0 Å². The van der Waals surface area contributed by atoms with Gasteiger partial charge in [-0.2, -0.15) is 0 Å². The Labute approximate surface area is 129 Å². The quantitative estimate of drug-likeness (QED) is 0.629. The van der Waals surface area contributed by atoms with Crippen molar-refractivity contribution in [1.29, 1.82) is 0 Å². The van der Waals surface area contributed by atoms with Gasteiger partial charge in [-0.25, -0.2) is 18.0 Å². The summed E-state index contributed by atoms with van der Waals surface area (Å²) in [5.74, 6) is -1.34. The minimum absolute atomic E-state index is 0.0323. The van der Waals surface area contributed by atoms with E-state index in [1.165, 1.54) is 12.1 Å². The number of carbonyl (C=O) groups is 2. The normalized spacial score (nSPS) is 10.9. The molecule has 0 aliphatic rings. The first-order valence-electron chi connectivity index (χ1n) is 5.44. The van der Waals surface area contributed by atoms with Gasteiger partial charge in [0.2, 0.25) is 0 Å². The zero-order valence-electron chi connectivity index (χ0n) is 10.5. The molecular formula is C11H13IN2O5S. The summed E-state index contributed by atoms with van der Waals surface area (Å²) in [4.78, 5) is 22.6. The van der Waals surface area contributed by atoms with E-state index in [1.807, 2.05) is 22.6 Å². The van der Waals surface area contributed by atoms with Crippen LogP contribution in [-0.4, -0.2) is 44.1 Å². The number of halogens is 1. The number of carboxylic acids is 1. The minimum Gasteiger partial charge on any atom is -0.478 e. The molecule has 1 aromatic rings. The van der Waals surface area contributed by atoms with Crippen molar-refractivity contribution in [3.63, 3.8) is 0 Å². The van der Waals surface area contributed by atoms with Gasteiger partial charge in [0.1, 0.15) is 9.84 Å². The van der Waals surface area contributed by atoms with Crippen LogP contribution < -0.4 is 10.6 Å². The lowest BCUT2D eigenvalue weighted by Gasteiger charge is -2.10. The molecule has 0 saturated carbocycles. The highest BCUT2D eigenvalue weighted by molar-refractivity contribution is 14.1. The van der Waals surface area contributed by atoms with Crippen LogP contribution in [0.2, 0.25) is 0 Å². The van der Waals surface area contributed by atoms with Crippen molar-refractivity contribution in [3.05, 3.63) is 27.3 Å². The maximum atomic E-state index is 11.5. The van der Waals surface area contributed by atoms with Gasteiger partial charge in [0.15, 0.2) is 0 Å². The second kappa shape index (κ2) is 6.88. The van der Waals surface area contributed by atoms with Gasteiger partial charge >= 0.3 is 12.0 Å². The second-order valence-corrected chi connectivity index (χ2v) is 7.51. The Bertz CT molecular complexity index is 630. The molecule has 0 saturated heterocycles. The van der Waals surface area contributed by atoms with Gasteiger partial charge in [0.25, 0.3) is 0 Å². The van der Waals surface area contributed by atoms with Crippen molar-refractivity contribution in [2.75, 3.05) is 23.9 Å². The number of hydrogen-bond acceptors (Lipinski definition) is 4. The lowest BCUT2D eigenvalue weighted by atomic mass is 10.2. The van der Waals surface area contributed by atoms with Crippen LogP contribution in [0.15, 0.2) is 18.2 Å². The fourth-order valence-corrected chi connectivity index (χ4v) is 2.28. The average Bonchev–Trinajstić information content (AvgIpc) is 2.29. The van der Waals surface area contributed by atoms with Crippen LogP contribution in [0.5, 0.6) is 0 Å². The number of anilines is 1. The molecule has 0 aliphatic heterocycles. The number of aromatic carboxylic acids is 1. The molecule has 0 radical (unpaired) electrons. The summed E-state index contributed by atoms with van der Waals surface area (Å²) in [6.07, 6.45) is 1.06. The van der Waals surface area contributed by atoms with E-state index < -0.39 is 21.8 Å².